The third kappa shape index (κ3) is 3.68. The molecule has 8 heteroatoms. The van der Waals surface area contributed by atoms with Crippen molar-refractivity contribution in [3.8, 4) is 0 Å². The summed E-state index contributed by atoms with van der Waals surface area (Å²) < 4.78 is 66.3. The number of para-hydroxylation sites is 1. The molecule has 0 aliphatic carbocycles. The molecule has 1 N–H and O–H groups in total. The molecule has 1 heterocycles. The number of sulfone groups is 1. The lowest BCUT2D eigenvalue weighted by Crippen LogP contribution is -2.27. The van der Waals surface area contributed by atoms with Gasteiger partial charge in [-0.3, -0.25) is 0 Å². The van der Waals surface area contributed by atoms with E-state index in [4.69, 9.17) is 4.74 Å². The van der Waals surface area contributed by atoms with Gasteiger partial charge in [0.15, 0.2) is 0 Å². The minimum absolute atomic E-state index is 0.0274. The van der Waals surface area contributed by atoms with Crippen LogP contribution in [-0.2, 0) is 14.6 Å². The summed E-state index contributed by atoms with van der Waals surface area (Å²) in [6.07, 6.45) is 1.80. The average molecular weight is 323 g/mol. The number of hydrogen-bond acceptors (Lipinski definition) is 4. The lowest BCUT2D eigenvalue weighted by Gasteiger charge is -2.23. The molecule has 1 fully saturated rings. The highest BCUT2D eigenvalue weighted by Crippen LogP contribution is 2.34. The van der Waals surface area contributed by atoms with Crippen molar-refractivity contribution in [2.75, 3.05) is 25.1 Å². The first-order valence-corrected chi connectivity index (χ1v) is 8.02. The van der Waals surface area contributed by atoms with E-state index in [1.54, 1.807) is 0 Å². The van der Waals surface area contributed by atoms with Gasteiger partial charge in [0.2, 0.25) is 0 Å². The van der Waals surface area contributed by atoms with Gasteiger partial charge >= 0.3 is 5.51 Å². The van der Waals surface area contributed by atoms with E-state index in [-0.39, 0.29) is 11.6 Å². The first-order valence-electron chi connectivity index (χ1n) is 6.54. The fourth-order valence-corrected chi connectivity index (χ4v) is 3.13. The molecule has 1 aromatic rings. The van der Waals surface area contributed by atoms with Gasteiger partial charge in [0.1, 0.15) is 0 Å². The molecule has 1 atom stereocenters. The summed E-state index contributed by atoms with van der Waals surface area (Å²) in [5.41, 5.74) is -5.33. The van der Waals surface area contributed by atoms with Crippen molar-refractivity contribution in [2.24, 2.45) is 5.92 Å². The van der Waals surface area contributed by atoms with Crippen LogP contribution in [-0.4, -0.2) is 33.7 Å². The van der Waals surface area contributed by atoms with E-state index >= 15 is 0 Å². The van der Waals surface area contributed by atoms with Gasteiger partial charge in [-0.25, -0.2) is 8.42 Å². The molecule has 1 aliphatic heterocycles. The third-order valence-electron chi connectivity index (χ3n) is 3.32. The van der Waals surface area contributed by atoms with E-state index in [1.165, 1.54) is 18.2 Å². The molecule has 0 amide bonds. The van der Waals surface area contributed by atoms with Gasteiger partial charge in [0.25, 0.3) is 9.84 Å². The van der Waals surface area contributed by atoms with Gasteiger partial charge in [-0.1, -0.05) is 12.1 Å². The third-order valence-corrected chi connectivity index (χ3v) is 4.86. The number of ether oxygens (including phenoxy) is 1. The second-order valence-electron chi connectivity index (χ2n) is 4.91. The Morgan fingerprint density at radius 1 is 1.29 bits per heavy atom. The Morgan fingerprint density at radius 3 is 2.62 bits per heavy atom. The average Bonchev–Trinajstić information content (AvgIpc) is 2.45. The zero-order valence-corrected chi connectivity index (χ0v) is 12.0. The number of benzene rings is 1. The Kier molecular flexibility index (Phi) is 4.77. The van der Waals surface area contributed by atoms with Crippen LogP contribution in [0.1, 0.15) is 12.8 Å². The molecule has 1 saturated heterocycles. The zero-order chi connectivity index (χ0) is 15.5. The molecular weight excluding hydrogens is 307 g/mol. The quantitative estimate of drug-likeness (QED) is 0.926. The monoisotopic (exact) mass is 323 g/mol. The number of alkyl halides is 3. The van der Waals surface area contributed by atoms with Gasteiger partial charge in [-0.15, -0.1) is 0 Å². The Labute approximate surface area is 121 Å². The minimum atomic E-state index is -5.35. The molecule has 0 saturated carbocycles. The lowest BCUT2D eigenvalue weighted by atomic mass is 10.0. The number of anilines is 1. The van der Waals surface area contributed by atoms with Gasteiger partial charge in [0, 0.05) is 13.2 Å². The van der Waals surface area contributed by atoms with Gasteiger partial charge in [-0.2, -0.15) is 13.2 Å². The highest BCUT2D eigenvalue weighted by molar-refractivity contribution is 7.92. The van der Waals surface area contributed by atoms with Crippen LogP contribution in [0.4, 0.5) is 18.9 Å². The van der Waals surface area contributed by atoms with Crippen LogP contribution in [0.15, 0.2) is 29.2 Å². The number of rotatable bonds is 4. The van der Waals surface area contributed by atoms with Crippen molar-refractivity contribution in [1.82, 2.24) is 0 Å². The number of nitrogens with one attached hydrogen (secondary N) is 1. The second kappa shape index (κ2) is 6.23. The van der Waals surface area contributed by atoms with E-state index in [9.17, 15) is 21.6 Å². The van der Waals surface area contributed by atoms with Crippen molar-refractivity contribution in [3.05, 3.63) is 24.3 Å². The fourth-order valence-electron chi connectivity index (χ4n) is 2.19. The fraction of sp³-hybridized carbons (Fsp3) is 0.538. The van der Waals surface area contributed by atoms with Crippen molar-refractivity contribution in [2.45, 2.75) is 23.2 Å². The molecule has 0 bridgehead atoms. The number of halogens is 3. The molecule has 1 aliphatic rings. The van der Waals surface area contributed by atoms with Crippen molar-refractivity contribution >= 4 is 15.5 Å². The Hall–Kier alpha value is -1.28. The lowest BCUT2D eigenvalue weighted by molar-refractivity contribution is -0.0435. The predicted molar refractivity (Wildman–Crippen MR) is 71.7 cm³/mol. The van der Waals surface area contributed by atoms with Gasteiger partial charge in [-0.05, 0) is 30.9 Å². The molecule has 0 radical (unpaired) electrons. The standard InChI is InChI=1S/C13H16F3NO3S/c14-13(15,16)21(18,19)12-6-2-1-5-11(12)17-8-10-4-3-7-20-9-10/h1-2,5-6,10,17H,3-4,7-9H2. The highest BCUT2D eigenvalue weighted by Gasteiger charge is 2.47. The summed E-state index contributed by atoms with van der Waals surface area (Å²) in [7, 11) is -5.35. The Bertz CT molecular complexity index is 581. The van der Waals surface area contributed by atoms with E-state index in [1.807, 2.05) is 0 Å². The zero-order valence-electron chi connectivity index (χ0n) is 11.2. The van der Waals surface area contributed by atoms with Crippen LogP contribution >= 0.6 is 0 Å². The molecule has 4 nitrogen and oxygen atoms in total. The molecule has 0 aromatic heterocycles. The largest absolute Gasteiger partial charge is 0.501 e. The molecule has 1 aromatic carbocycles. The summed E-state index contributed by atoms with van der Waals surface area (Å²) in [5.74, 6) is 0.167. The van der Waals surface area contributed by atoms with E-state index < -0.39 is 20.2 Å². The minimum Gasteiger partial charge on any atom is -0.384 e. The van der Waals surface area contributed by atoms with E-state index in [0.717, 1.165) is 18.9 Å². The first-order chi connectivity index (χ1) is 9.82. The normalized spacial score (nSPS) is 20.2. The molecule has 2 rings (SSSR count). The Balaban J connectivity index is 2.17. The Morgan fingerprint density at radius 2 is 2.00 bits per heavy atom. The van der Waals surface area contributed by atoms with Crippen LogP contribution in [0.5, 0.6) is 0 Å². The summed E-state index contributed by atoms with van der Waals surface area (Å²) in [4.78, 5) is -0.741. The van der Waals surface area contributed by atoms with Crippen LogP contribution in [0.3, 0.4) is 0 Å². The maximum atomic E-state index is 12.7. The summed E-state index contributed by atoms with van der Waals surface area (Å²) >= 11 is 0. The van der Waals surface area contributed by atoms with Crippen molar-refractivity contribution in [3.63, 3.8) is 0 Å². The van der Waals surface area contributed by atoms with Crippen LogP contribution < -0.4 is 5.32 Å². The topological polar surface area (TPSA) is 55.4 Å². The summed E-state index contributed by atoms with van der Waals surface area (Å²) in [5, 5.41) is 2.80. The van der Waals surface area contributed by atoms with Crippen LogP contribution in [0.2, 0.25) is 0 Å². The summed E-state index contributed by atoms with van der Waals surface area (Å²) in [6.45, 7) is 1.60. The smallest absolute Gasteiger partial charge is 0.384 e. The number of hydrogen-bond donors (Lipinski definition) is 1. The van der Waals surface area contributed by atoms with Crippen molar-refractivity contribution in [1.29, 1.82) is 0 Å². The maximum Gasteiger partial charge on any atom is 0.501 e. The molecule has 1 unspecified atom stereocenters. The van der Waals surface area contributed by atoms with Gasteiger partial charge < -0.3 is 10.1 Å². The summed E-state index contributed by atoms with van der Waals surface area (Å²) in [6, 6.07) is 5.06. The molecule has 21 heavy (non-hydrogen) atoms. The predicted octanol–water partition coefficient (Wildman–Crippen LogP) is 2.82. The van der Waals surface area contributed by atoms with Crippen LogP contribution in [0.25, 0.3) is 0 Å². The maximum absolute atomic E-state index is 12.7. The SMILES string of the molecule is O=S(=O)(c1ccccc1NCC1CCCOC1)C(F)(F)F. The highest BCUT2D eigenvalue weighted by atomic mass is 32.2. The second-order valence-corrected chi connectivity index (χ2v) is 6.82. The van der Waals surface area contributed by atoms with Crippen molar-refractivity contribution < 1.29 is 26.3 Å². The van der Waals surface area contributed by atoms with E-state index in [2.05, 4.69) is 5.32 Å². The molecule has 0 spiro atoms. The van der Waals surface area contributed by atoms with Gasteiger partial charge in [0.05, 0.1) is 17.2 Å². The first kappa shape index (κ1) is 16.1. The van der Waals surface area contributed by atoms with Crippen LogP contribution in [0, 0.1) is 5.92 Å². The molecule has 118 valence electrons. The van der Waals surface area contributed by atoms with E-state index in [0.29, 0.717) is 19.8 Å². The molecular formula is C13H16F3NO3S.